The summed E-state index contributed by atoms with van der Waals surface area (Å²) in [6.07, 6.45) is 6.51. The van der Waals surface area contributed by atoms with Gasteiger partial charge < -0.3 is 10.2 Å². The Balaban J connectivity index is 1.78. The predicted octanol–water partition coefficient (Wildman–Crippen LogP) is 0.894. The summed E-state index contributed by atoms with van der Waals surface area (Å²) in [6.45, 7) is 7.11. The van der Waals surface area contributed by atoms with Crippen LogP contribution < -0.4 is 5.32 Å². The Morgan fingerprint density at radius 1 is 1.53 bits per heavy atom. The van der Waals surface area contributed by atoms with Crippen molar-refractivity contribution in [1.29, 1.82) is 0 Å². The fourth-order valence-corrected chi connectivity index (χ4v) is 2.78. The summed E-state index contributed by atoms with van der Waals surface area (Å²) in [5, 5.41) is 7.52. The Morgan fingerprint density at radius 3 is 3.00 bits per heavy atom. The van der Waals surface area contributed by atoms with E-state index in [1.165, 1.54) is 25.1 Å². The molecule has 2 rings (SSSR count). The van der Waals surface area contributed by atoms with Gasteiger partial charge in [-0.1, -0.05) is 6.92 Å². The molecule has 0 saturated carbocycles. The van der Waals surface area contributed by atoms with Crippen LogP contribution in [0.3, 0.4) is 0 Å². The van der Waals surface area contributed by atoms with Crippen LogP contribution in [0, 0.1) is 5.41 Å². The summed E-state index contributed by atoms with van der Waals surface area (Å²) >= 11 is 0. The normalized spacial score (nSPS) is 25.6. The molecule has 1 atom stereocenters. The lowest BCUT2D eigenvalue weighted by Crippen LogP contribution is -2.33. The lowest BCUT2D eigenvalue weighted by Gasteiger charge is -2.24. The molecule has 2 heterocycles. The molecular weight excluding hydrogens is 212 g/mol. The third-order valence-electron chi connectivity index (χ3n) is 3.72. The van der Waals surface area contributed by atoms with Gasteiger partial charge in [0.1, 0.15) is 0 Å². The first-order valence-electron chi connectivity index (χ1n) is 6.46. The minimum absolute atomic E-state index is 0.462. The molecule has 4 heteroatoms. The minimum Gasteiger partial charge on any atom is -0.319 e. The highest BCUT2D eigenvalue weighted by atomic mass is 15.2. The number of rotatable bonds is 5. The van der Waals surface area contributed by atoms with Crippen LogP contribution in [0.2, 0.25) is 0 Å². The second-order valence-corrected chi connectivity index (χ2v) is 5.64. The Morgan fingerprint density at radius 2 is 2.35 bits per heavy atom. The highest BCUT2D eigenvalue weighted by molar-refractivity contribution is 5.04. The van der Waals surface area contributed by atoms with Gasteiger partial charge in [-0.05, 0) is 37.4 Å². The number of hydrogen-bond donors (Lipinski definition) is 1. The van der Waals surface area contributed by atoms with Crippen LogP contribution in [-0.4, -0.2) is 47.9 Å². The van der Waals surface area contributed by atoms with Crippen LogP contribution in [0.5, 0.6) is 0 Å². The maximum atomic E-state index is 4.21. The van der Waals surface area contributed by atoms with Gasteiger partial charge in [0.2, 0.25) is 0 Å². The maximum absolute atomic E-state index is 4.21. The molecule has 1 aromatic rings. The standard InChI is InChI=1S/C13H24N4/c1-13(10-14-2)5-7-17(11-13)6-4-12-8-15-16(3)9-12/h8-9,14H,4-7,10-11H2,1-3H3. The van der Waals surface area contributed by atoms with Crippen molar-refractivity contribution in [2.24, 2.45) is 12.5 Å². The van der Waals surface area contributed by atoms with Crippen LogP contribution in [0.25, 0.3) is 0 Å². The summed E-state index contributed by atoms with van der Waals surface area (Å²) in [5.41, 5.74) is 1.80. The van der Waals surface area contributed by atoms with Crippen LogP contribution >= 0.6 is 0 Å². The molecule has 0 aromatic carbocycles. The number of likely N-dealkylation sites (tertiary alicyclic amines) is 1. The third-order valence-corrected chi connectivity index (χ3v) is 3.72. The van der Waals surface area contributed by atoms with Crippen molar-refractivity contribution in [2.45, 2.75) is 19.8 Å². The molecule has 1 aliphatic rings. The summed E-state index contributed by atoms with van der Waals surface area (Å²) in [4.78, 5) is 2.57. The van der Waals surface area contributed by atoms with Gasteiger partial charge in [-0.15, -0.1) is 0 Å². The Bertz CT molecular complexity index is 360. The first kappa shape index (κ1) is 12.6. The summed E-state index contributed by atoms with van der Waals surface area (Å²) in [5.74, 6) is 0. The zero-order chi connectivity index (χ0) is 12.3. The van der Waals surface area contributed by atoms with Crippen molar-refractivity contribution in [3.05, 3.63) is 18.0 Å². The quantitative estimate of drug-likeness (QED) is 0.824. The molecular formula is C13H24N4. The molecule has 1 aromatic heterocycles. The van der Waals surface area contributed by atoms with E-state index in [1.54, 1.807) is 0 Å². The van der Waals surface area contributed by atoms with E-state index in [9.17, 15) is 0 Å². The Labute approximate surface area is 104 Å². The van der Waals surface area contributed by atoms with E-state index >= 15 is 0 Å². The van der Waals surface area contributed by atoms with Crippen LogP contribution in [0.4, 0.5) is 0 Å². The van der Waals surface area contributed by atoms with E-state index < -0.39 is 0 Å². The number of nitrogens with one attached hydrogen (secondary N) is 1. The SMILES string of the molecule is CNCC1(C)CCN(CCc2cnn(C)c2)C1. The zero-order valence-corrected chi connectivity index (χ0v) is 11.2. The van der Waals surface area contributed by atoms with E-state index in [0.717, 1.165) is 19.5 Å². The fraction of sp³-hybridized carbons (Fsp3) is 0.769. The monoisotopic (exact) mass is 236 g/mol. The Kier molecular flexibility index (Phi) is 3.84. The molecule has 0 amide bonds. The molecule has 0 aliphatic carbocycles. The van der Waals surface area contributed by atoms with Crippen molar-refractivity contribution in [3.8, 4) is 0 Å². The predicted molar refractivity (Wildman–Crippen MR) is 70.0 cm³/mol. The minimum atomic E-state index is 0.462. The van der Waals surface area contributed by atoms with Crippen molar-refractivity contribution in [3.63, 3.8) is 0 Å². The summed E-state index contributed by atoms with van der Waals surface area (Å²) < 4.78 is 1.88. The molecule has 4 nitrogen and oxygen atoms in total. The van der Waals surface area contributed by atoms with E-state index in [-0.39, 0.29) is 0 Å². The van der Waals surface area contributed by atoms with E-state index in [0.29, 0.717) is 5.41 Å². The van der Waals surface area contributed by atoms with Gasteiger partial charge >= 0.3 is 0 Å². The lowest BCUT2D eigenvalue weighted by molar-refractivity contribution is 0.273. The summed E-state index contributed by atoms with van der Waals surface area (Å²) in [6, 6.07) is 0. The number of aromatic nitrogens is 2. The lowest BCUT2D eigenvalue weighted by atomic mass is 9.90. The summed E-state index contributed by atoms with van der Waals surface area (Å²) in [7, 11) is 4.02. The molecule has 1 fully saturated rings. The van der Waals surface area contributed by atoms with Crippen LogP contribution in [0.15, 0.2) is 12.4 Å². The van der Waals surface area contributed by atoms with Gasteiger partial charge in [-0.2, -0.15) is 5.10 Å². The number of hydrogen-bond acceptors (Lipinski definition) is 3. The van der Waals surface area contributed by atoms with Crippen molar-refractivity contribution >= 4 is 0 Å². The van der Waals surface area contributed by atoms with Gasteiger partial charge in [0.05, 0.1) is 6.20 Å². The molecule has 1 aliphatic heterocycles. The van der Waals surface area contributed by atoms with E-state index in [4.69, 9.17) is 0 Å². The molecule has 0 radical (unpaired) electrons. The number of nitrogens with zero attached hydrogens (tertiary/aromatic N) is 3. The Hall–Kier alpha value is -0.870. The van der Waals surface area contributed by atoms with Crippen molar-refractivity contribution < 1.29 is 0 Å². The maximum Gasteiger partial charge on any atom is 0.0522 e. The first-order chi connectivity index (χ1) is 8.11. The van der Waals surface area contributed by atoms with Gasteiger partial charge in [0.25, 0.3) is 0 Å². The average Bonchev–Trinajstić information content (AvgIpc) is 2.83. The zero-order valence-electron chi connectivity index (χ0n) is 11.2. The van der Waals surface area contributed by atoms with Gasteiger partial charge in [-0.3, -0.25) is 4.68 Å². The highest BCUT2D eigenvalue weighted by Gasteiger charge is 2.32. The highest BCUT2D eigenvalue weighted by Crippen LogP contribution is 2.28. The van der Waals surface area contributed by atoms with Crippen molar-refractivity contribution in [2.75, 3.05) is 33.2 Å². The molecule has 1 N–H and O–H groups in total. The van der Waals surface area contributed by atoms with Gasteiger partial charge in [0.15, 0.2) is 0 Å². The second kappa shape index (κ2) is 5.19. The average molecular weight is 236 g/mol. The molecule has 1 saturated heterocycles. The van der Waals surface area contributed by atoms with Gasteiger partial charge in [-0.25, -0.2) is 0 Å². The van der Waals surface area contributed by atoms with Gasteiger partial charge in [0, 0.05) is 32.9 Å². The van der Waals surface area contributed by atoms with Crippen LogP contribution in [-0.2, 0) is 13.5 Å². The van der Waals surface area contributed by atoms with E-state index in [2.05, 4.69) is 28.4 Å². The molecule has 17 heavy (non-hydrogen) atoms. The number of aryl methyl sites for hydroxylation is 1. The smallest absolute Gasteiger partial charge is 0.0522 e. The van der Waals surface area contributed by atoms with Crippen LogP contribution in [0.1, 0.15) is 18.9 Å². The van der Waals surface area contributed by atoms with Crippen molar-refractivity contribution in [1.82, 2.24) is 20.0 Å². The van der Waals surface area contributed by atoms with E-state index in [1.807, 2.05) is 25.0 Å². The third kappa shape index (κ3) is 3.30. The molecule has 96 valence electrons. The first-order valence-corrected chi connectivity index (χ1v) is 6.46. The molecule has 1 unspecified atom stereocenters. The molecule has 0 spiro atoms. The topological polar surface area (TPSA) is 33.1 Å². The molecule has 0 bridgehead atoms. The fourth-order valence-electron chi connectivity index (χ4n) is 2.78. The second-order valence-electron chi connectivity index (χ2n) is 5.64. The largest absolute Gasteiger partial charge is 0.319 e.